The van der Waals surface area contributed by atoms with Crippen molar-refractivity contribution in [3.8, 4) is 22.9 Å². The summed E-state index contributed by atoms with van der Waals surface area (Å²) in [6, 6.07) is 9.60. The molecule has 0 radical (unpaired) electrons. The Morgan fingerprint density at radius 1 is 1.18 bits per heavy atom. The number of aromatic nitrogens is 3. The predicted octanol–water partition coefficient (Wildman–Crippen LogP) is 3.18. The highest BCUT2D eigenvalue weighted by Gasteiger charge is 2.15. The van der Waals surface area contributed by atoms with Crippen molar-refractivity contribution in [3.05, 3.63) is 67.7 Å². The SMILES string of the molecule is COc1ccc(-c2nc3sc(=Cc4c(F)cccc4Cl)c(=O)n3n2)cc1OC. The summed E-state index contributed by atoms with van der Waals surface area (Å²) in [7, 11) is 3.08. The first-order valence-corrected chi connectivity index (χ1v) is 9.29. The van der Waals surface area contributed by atoms with Crippen LogP contribution in [0.5, 0.6) is 11.5 Å². The van der Waals surface area contributed by atoms with Crippen molar-refractivity contribution in [3.63, 3.8) is 0 Å². The summed E-state index contributed by atoms with van der Waals surface area (Å²) in [6.45, 7) is 0. The quantitative estimate of drug-likeness (QED) is 0.510. The second-order valence-corrected chi connectivity index (χ2v) is 7.17. The van der Waals surface area contributed by atoms with Crippen LogP contribution >= 0.6 is 22.9 Å². The van der Waals surface area contributed by atoms with Crippen LogP contribution in [-0.4, -0.2) is 28.8 Å². The molecule has 2 aromatic carbocycles. The highest BCUT2D eigenvalue weighted by Crippen LogP contribution is 2.31. The number of halogens is 2. The summed E-state index contributed by atoms with van der Waals surface area (Å²) in [6.07, 6.45) is 1.41. The minimum Gasteiger partial charge on any atom is -0.493 e. The number of benzene rings is 2. The van der Waals surface area contributed by atoms with Crippen molar-refractivity contribution < 1.29 is 13.9 Å². The molecule has 0 aliphatic carbocycles. The highest BCUT2D eigenvalue weighted by atomic mass is 35.5. The second kappa shape index (κ2) is 7.21. The molecule has 0 fully saturated rings. The molecule has 4 rings (SSSR count). The van der Waals surface area contributed by atoms with E-state index in [0.717, 1.165) is 11.3 Å². The maximum absolute atomic E-state index is 14.0. The van der Waals surface area contributed by atoms with E-state index in [2.05, 4.69) is 10.1 Å². The first-order chi connectivity index (χ1) is 13.5. The Labute approximate surface area is 167 Å². The first-order valence-electron chi connectivity index (χ1n) is 8.09. The van der Waals surface area contributed by atoms with Gasteiger partial charge in [0, 0.05) is 11.1 Å². The van der Waals surface area contributed by atoms with Crippen LogP contribution in [0.3, 0.4) is 0 Å². The molecule has 0 aliphatic rings. The van der Waals surface area contributed by atoms with Crippen LogP contribution in [0.4, 0.5) is 4.39 Å². The molecule has 28 heavy (non-hydrogen) atoms. The fourth-order valence-electron chi connectivity index (χ4n) is 2.71. The summed E-state index contributed by atoms with van der Waals surface area (Å²) >= 11 is 7.14. The Balaban J connectivity index is 1.81. The molecule has 0 unspecified atom stereocenters. The zero-order valence-corrected chi connectivity index (χ0v) is 16.3. The van der Waals surface area contributed by atoms with E-state index in [1.165, 1.54) is 29.8 Å². The lowest BCUT2D eigenvalue weighted by atomic mass is 10.2. The minimum atomic E-state index is -0.503. The van der Waals surface area contributed by atoms with Gasteiger partial charge in [-0.1, -0.05) is 29.0 Å². The van der Waals surface area contributed by atoms with Gasteiger partial charge in [0.1, 0.15) is 5.82 Å². The number of ether oxygens (including phenoxy) is 2. The summed E-state index contributed by atoms with van der Waals surface area (Å²) in [5.41, 5.74) is 0.444. The van der Waals surface area contributed by atoms with Crippen molar-refractivity contribution in [2.24, 2.45) is 0 Å². The van der Waals surface area contributed by atoms with E-state index in [0.29, 0.717) is 32.4 Å². The van der Waals surface area contributed by atoms with Crippen LogP contribution in [-0.2, 0) is 0 Å². The van der Waals surface area contributed by atoms with Crippen molar-refractivity contribution in [1.82, 2.24) is 14.6 Å². The van der Waals surface area contributed by atoms with Crippen molar-refractivity contribution in [1.29, 1.82) is 0 Å². The van der Waals surface area contributed by atoms with Gasteiger partial charge in [-0.3, -0.25) is 4.79 Å². The molecule has 0 aliphatic heterocycles. The topological polar surface area (TPSA) is 65.7 Å². The Bertz CT molecular complexity index is 1280. The zero-order chi connectivity index (χ0) is 19.8. The summed E-state index contributed by atoms with van der Waals surface area (Å²) in [5.74, 6) is 0.982. The third-order valence-electron chi connectivity index (χ3n) is 4.10. The van der Waals surface area contributed by atoms with E-state index in [1.807, 2.05) is 0 Å². The van der Waals surface area contributed by atoms with Gasteiger partial charge in [0.2, 0.25) is 4.96 Å². The fraction of sp³-hybridized carbons (Fsp3) is 0.105. The van der Waals surface area contributed by atoms with Gasteiger partial charge in [-0.2, -0.15) is 9.50 Å². The van der Waals surface area contributed by atoms with Crippen LogP contribution < -0.4 is 19.6 Å². The molecule has 4 aromatic rings. The van der Waals surface area contributed by atoms with Crippen LogP contribution in [0.1, 0.15) is 5.56 Å². The third kappa shape index (κ3) is 3.10. The molecule has 0 saturated carbocycles. The maximum Gasteiger partial charge on any atom is 0.291 e. The Hall–Kier alpha value is -2.97. The zero-order valence-electron chi connectivity index (χ0n) is 14.8. The van der Waals surface area contributed by atoms with Crippen molar-refractivity contribution in [2.45, 2.75) is 0 Å². The Morgan fingerprint density at radius 2 is 1.96 bits per heavy atom. The van der Waals surface area contributed by atoms with Crippen LogP contribution in [0.15, 0.2) is 41.2 Å². The van der Waals surface area contributed by atoms with E-state index in [-0.39, 0.29) is 10.6 Å². The smallest absolute Gasteiger partial charge is 0.291 e. The van der Waals surface area contributed by atoms with E-state index in [4.69, 9.17) is 21.1 Å². The van der Waals surface area contributed by atoms with Gasteiger partial charge in [0.25, 0.3) is 5.56 Å². The molecule has 0 spiro atoms. The molecule has 0 N–H and O–H groups in total. The van der Waals surface area contributed by atoms with Gasteiger partial charge in [-0.15, -0.1) is 5.10 Å². The number of fused-ring (bicyclic) bond motifs is 1. The number of hydrogen-bond acceptors (Lipinski definition) is 6. The minimum absolute atomic E-state index is 0.158. The summed E-state index contributed by atoms with van der Waals surface area (Å²) < 4.78 is 26.0. The number of thiazole rings is 1. The molecule has 2 heterocycles. The van der Waals surface area contributed by atoms with E-state index >= 15 is 0 Å². The number of methoxy groups -OCH3 is 2. The predicted molar refractivity (Wildman–Crippen MR) is 106 cm³/mol. The molecule has 6 nitrogen and oxygen atoms in total. The van der Waals surface area contributed by atoms with Gasteiger partial charge in [0.15, 0.2) is 17.3 Å². The van der Waals surface area contributed by atoms with E-state index < -0.39 is 11.4 Å². The largest absolute Gasteiger partial charge is 0.493 e. The average Bonchev–Trinajstić information content (AvgIpc) is 3.24. The number of hydrogen-bond donors (Lipinski definition) is 0. The van der Waals surface area contributed by atoms with Crippen molar-refractivity contribution >= 4 is 34.0 Å². The molecule has 2 aromatic heterocycles. The molecule has 142 valence electrons. The van der Waals surface area contributed by atoms with Gasteiger partial charge in [-0.05, 0) is 36.4 Å². The summed E-state index contributed by atoms with van der Waals surface area (Å²) in [5, 5.41) is 4.51. The first kappa shape index (κ1) is 18.4. The third-order valence-corrected chi connectivity index (χ3v) is 5.39. The standard InChI is InChI=1S/C19H13ClFN3O3S/c1-26-14-7-6-10(8-15(14)27-2)17-22-19-24(23-17)18(25)16(28-19)9-11-12(20)4-3-5-13(11)21/h3-9H,1-2H3. The van der Waals surface area contributed by atoms with E-state index in [9.17, 15) is 9.18 Å². The molecule has 0 amide bonds. The Kier molecular flexibility index (Phi) is 4.74. The monoisotopic (exact) mass is 417 g/mol. The normalized spacial score (nSPS) is 11.9. The number of nitrogens with zero attached hydrogens (tertiary/aromatic N) is 3. The van der Waals surface area contributed by atoms with Crippen LogP contribution in [0.25, 0.3) is 22.4 Å². The van der Waals surface area contributed by atoms with Crippen LogP contribution in [0.2, 0.25) is 5.02 Å². The second-order valence-electron chi connectivity index (χ2n) is 5.75. The molecular formula is C19H13ClFN3O3S. The van der Waals surface area contributed by atoms with Gasteiger partial charge in [0.05, 0.1) is 23.8 Å². The lowest BCUT2D eigenvalue weighted by Gasteiger charge is -2.07. The molecule has 9 heteroatoms. The average molecular weight is 418 g/mol. The lowest BCUT2D eigenvalue weighted by Crippen LogP contribution is -2.23. The molecule has 0 saturated heterocycles. The Morgan fingerprint density at radius 3 is 2.64 bits per heavy atom. The molecule has 0 atom stereocenters. The lowest BCUT2D eigenvalue weighted by molar-refractivity contribution is 0.355. The highest BCUT2D eigenvalue weighted by molar-refractivity contribution is 7.15. The summed E-state index contributed by atoms with van der Waals surface area (Å²) in [4.78, 5) is 17.5. The van der Waals surface area contributed by atoms with E-state index in [1.54, 1.807) is 31.4 Å². The van der Waals surface area contributed by atoms with Gasteiger partial charge >= 0.3 is 0 Å². The molecular weight excluding hydrogens is 405 g/mol. The molecule has 0 bridgehead atoms. The van der Waals surface area contributed by atoms with Crippen LogP contribution in [0, 0.1) is 5.82 Å². The van der Waals surface area contributed by atoms with Gasteiger partial charge in [-0.25, -0.2) is 4.39 Å². The van der Waals surface area contributed by atoms with Crippen molar-refractivity contribution in [2.75, 3.05) is 14.2 Å². The number of rotatable bonds is 4. The van der Waals surface area contributed by atoms with Gasteiger partial charge < -0.3 is 9.47 Å². The fourth-order valence-corrected chi connectivity index (χ4v) is 3.82. The maximum atomic E-state index is 14.0.